The van der Waals surface area contributed by atoms with E-state index in [0.29, 0.717) is 0 Å². The highest BCUT2D eigenvalue weighted by atomic mass is 35.5. The minimum absolute atomic E-state index is 0.720. The van der Waals surface area contributed by atoms with E-state index in [1.807, 2.05) is 48.0 Å². The third kappa shape index (κ3) is 3.73. The first-order chi connectivity index (χ1) is 12.3. The first-order valence-corrected chi connectivity index (χ1v) is 9.08. The third-order valence-electron chi connectivity index (χ3n) is 3.82. The molecule has 25 heavy (non-hydrogen) atoms. The van der Waals surface area contributed by atoms with Gasteiger partial charge in [-0.25, -0.2) is 4.98 Å². The van der Waals surface area contributed by atoms with Crippen LogP contribution in [0.25, 0.3) is 17.3 Å². The van der Waals surface area contributed by atoms with Crippen LogP contribution in [0, 0.1) is 0 Å². The van der Waals surface area contributed by atoms with Gasteiger partial charge in [-0.05, 0) is 35.4 Å². The number of fused-ring (bicyclic) bond motifs is 1. The Morgan fingerprint density at radius 1 is 1.16 bits per heavy atom. The van der Waals surface area contributed by atoms with E-state index in [0.717, 1.165) is 39.2 Å². The van der Waals surface area contributed by atoms with Crippen molar-refractivity contribution in [3.63, 3.8) is 0 Å². The summed E-state index contributed by atoms with van der Waals surface area (Å²) in [4.78, 5) is 4.54. The summed E-state index contributed by atoms with van der Waals surface area (Å²) in [6, 6.07) is 15.9. The Kier molecular flexibility index (Phi) is 4.50. The van der Waals surface area contributed by atoms with Crippen LogP contribution in [0.4, 0.5) is 10.8 Å². The molecule has 0 amide bonds. The lowest BCUT2D eigenvalue weighted by molar-refractivity contribution is 1.25. The van der Waals surface area contributed by atoms with Gasteiger partial charge >= 0.3 is 0 Å². The normalized spacial score (nSPS) is 13.2. The van der Waals surface area contributed by atoms with Crippen molar-refractivity contribution in [2.75, 3.05) is 17.3 Å². The molecule has 4 nitrogen and oxygen atoms in total. The number of nitrogens with one attached hydrogen (secondary N) is 2. The second-order valence-electron chi connectivity index (χ2n) is 5.57. The van der Waals surface area contributed by atoms with E-state index in [-0.39, 0.29) is 0 Å². The van der Waals surface area contributed by atoms with E-state index in [2.05, 4.69) is 39.0 Å². The Morgan fingerprint density at radius 2 is 2.00 bits per heavy atom. The lowest BCUT2D eigenvalue weighted by Gasteiger charge is -2.15. The van der Waals surface area contributed by atoms with Crippen LogP contribution < -0.4 is 10.7 Å². The molecule has 0 saturated carbocycles. The predicted octanol–water partition coefficient (Wildman–Crippen LogP) is 5.37. The molecule has 2 aromatic carbocycles. The third-order valence-corrected chi connectivity index (χ3v) is 4.82. The van der Waals surface area contributed by atoms with Crippen LogP contribution in [0.2, 0.25) is 5.02 Å². The molecule has 2 N–H and O–H groups in total. The second kappa shape index (κ2) is 7.09. The SMILES string of the molecule is Clc1ccc(-c2csc(NN=CC3=Cc4ccccc4NC3)n2)cc1. The highest BCUT2D eigenvalue weighted by Crippen LogP contribution is 2.26. The standard InChI is InChI=1S/C19H15ClN4S/c20-16-7-5-14(6-8-16)18-12-25-19(23-18)24-22-11-13-9-15-3-1-2-4-17(15)21-10-13/h1-9,11-12,21H,10H2,(H,23,24). The van der Waals surface area contributed by atoms with E-state index in [9.17, 15) is 0 Å². The molecule has 0 bridgehead atoms. The fraction of sp³-hybridized carbons (Fsp3) is 0.0526. The van der Waals surface area contributed by atoms with Gasteiger partial charge in [0, 0.05) is 28.2 Å². The zero-order valence-corrected chi connectivity index (χ0v) is 14.8. The molecule has 3 aromatic rings. The molecule has 124 valence electrons. The van der Waals surface area contributed by atoms with Gasteiger partial charge in [0.2, 0.25) is 5.13 Å². The average Bonchev–Trinajstić information content (AvgIpc) is 3.11. The van der Waals surface area contributed by atoms with Crippen molar-refractivity contribution in [1.29, 1.82) is 0 Å². The van der Waals surface area contributed by atoms with Crippen LogP contribution in [-0.2, 0) is 0 Å². The maximum absolute atomic E-state index is 5.92. The molecule has 6 heteroatoms. The van der Waals surface area contributed by atoms with Crippen molar-refractivity contribution in [1.82, 2.24) is 4.98 Å². The van der Waals surface area contributed by atoms with Crippen LogP contribution in [0.1, 0.15) is 5.56 Å². The largest absolute Gasteiger partial charge is 0.380 e. The fourth-order valence-corrected chi connectivity index (χ4v) is 3.36. The Hall–Kier alpha value is -2.63. The van der Waals surface area contributed by atoms with Crippen molar-refractivity contribution >= 4 is 46.0 Å². The molecule has 0 radical (unpaired) electrons. The quantitative estimate of drug-likeness (QED) is 0.482. The van der Waals surface area contributed by atoms with Gasteiger partial charge in [-0.2, -0.15) is 5.10 Å². The number of hydrazone groups is 1. The molecule has 0 unspecified atom stereocenters. The van der Waals surface area contributed by atoms with Crippen LogP contribution in [0.3, 0.4) is 0 Å². The number of halogens is 1. The summed E-state index contributed by atoms with van der Waals surface area (Å²) in [7, 11) is 0. The van der Waals surface area contributed by atoms with Gasteiger partial charge in [0.25, 0.3) is 0 Å². The summed E-state index contributed by atoms with van der Waals surface area (Å²) in [5.41, 5.74) is 8.38. The number of aromatic nitrogens is 1. The van der Waals surface area contributed by atoms with Crippen molar-refractivity contribution in [3.05, 3.63) is 70.1 Å². The zero-order valence-electron chi connectivity index (χ0n) is 13.2. The summed E-state index contributed by atoms with van der Waals surface area (Å²) in [5, 5.41) is 11.2. The zero-order chi connectivity index (χ0) is 17.1. The highest BCUT2D eigenvalue weighted by Gasteiger charge is 2.07. The van der Waals surface area contributed by atoms with Gasteiger partial charge in [0.1, 0.15) is 0 Å². The number of anilines is 2. The number of benzene rings is 2. The topological polar surface area (TPSA) is 49.3 Å². The van der Waals surface area contributed by atoms with E-state index in [1.54, 1.807) is 0 Å². The predicted molar refractivity (Wildman–Crippen MR) is 108 cm³/mol. The Balaban J connectivity index is 1.43. The summed E-state index contributed by atoms with van der Waals surface area (Å²) in [6.45, 7) is 0.760. The van der Waals surface area contributed by atoms with E-state index < -0.39 is 0 Å². The van der Waals surface area contributed by atoms with Crippen LogP contribution >= 0.6 is 22.9 Å². The number of para-hydroxylation sites is 1. The molecule has 4 rings (SSSR count). The first kappa shape index (κ1) is 15.9. The molecular formula is C19H15ClN4S. The molecule has 0 fully saturated rings. The van der Waals surface area contributed by atoms with E-state index in [1.165, 1.54) is 16.9 Å². The van der Waals surface area contributed by atoms with Crippen LogP contribution in [-0.4, -0.2) is 17.7 Å². The Morgan fingerprint density at radius 3 is 2.88 bits per heavy atom. The summed E-state index contributed by atoms with van der Waals surface area (Å²) >= 11 is 7.44. The monoisotopic (exact) mass is 366 g/mol. The van der Waals surface area contributed by atoms with Gasteiger partial charge < -0.3 is 5.32 Å². The molecule has 0 aliphatic carbocycles. The number of hydrogen-bond acceptors (Lipinski definition) is 5. The molecule has 1 aliphatic rings. The van der Waals surface area contributed by atoms with Crippen molar-refractivity contribution in [2.45, 2.75) is 0 Å². The van der Waals surface area contributed by atoms with E-state index >= 15 is 0 Å². The summed E-state index contributed by atoms with van der Waals surface area (Å²) in [5.74, 6) is 0. The maximum Gasteiger partial charge on any atom is 0.203 e. The van der Waals surface area contributed by atoms with Gasteiger partial charge in [-0.3, -0.25) is 5.43 Å². The number of hydrogen-bond donors (Lipinski definition) is 2. The van der Waals surface area contributed by atoms with Gasteiger partial charge in [-0.15, -0.1) is 11.3 Å². The molecule has 1 aromatic heterocycles. The fourth-order valence-electron chi connectivity index (χ4n) is 2.56. The second-order valence-corrected chi connectivity index (χ2v) is 6.87. The minimum atomic E-state index is 0.720. The first-order valence-electron chi connectivity index (χ1n) is 7.82. The average molecular weight is 367 g/mol. The Bertz CT molecular complexity index is 944. The molecule has 0 atom stereocenters. The highest BCUT2D eigenvalue weighted by molar-refractivity contribution is 7.14. The number of thiazole rings is 1. The number of rotatable bonds is 4. The molecule has 1 aliphatic heterocycles. The van der Waals surface area contributed by atoms with Crippen molar-refractivity contribution in [2.24, 2.45) is 5.10 Å². The Labute approximate surface area is 154 Å². The molecular weight excluding hydrogens is 352 g/mol. The van der Waals surface area contributed by atoms with Crippen molar-refractivity contribution in [3.8, 4) is 11.3 Å². The lowest BCUT2D eigenvalue weighted by Crippen LogP contribution is -2.11. The number of nitrogens with zero attached hydrogens (tertiary/aromatic N) is 2. The minimum Gasteiger partial charge on any atom is -0.380 e. The molecule has 0 saturated heterocycles. The summed E-state index contributed by atoms with van der Waals surface area (Å²) in [6.07, 6.45) is 3.96. The molecule has 2 heterocycles. The lowest BCUT2D eigenvalue weighted by atomic mass is 10.1. The van der Waals surface area contributed by atoms with Gasteiger partial charge in [0.05, 0.1) is 11.9 Å². The smallest absolute Gasteiger partial charge is 0.203 e. The van der Waals surface area contributed by atoms with Gasteiger partial charge in [-0.1, -0.05) is 41.9 Å². The maximum atomic E-state index is 5.92. The van der Waals surface area contributed by atoms with Gasteiger partial charge in [0.15, 0.2) is 0 Å². The van der Waals surface area contributed by atoms with Crippen LogP contribution in [0.15, 0.2) is 64.6 Å². The summed E-state index contributed by atoms with van der Waals surface area (Å²) < 4.78 is 0. The molecule has 0 spiro atoms. The van der Waals surface area contributed by atoms with Crippen molar-refractivity contribution < 1.29 is 0 Å². The van der Waals surface area contributed by atoms with E-state index in [4.69, 9.17) is 11.6 Å². The van der Waals surface area contributed by atoms with Crippen LogP contribution in [0.5, 0.6) is 0 Å².